The smallest absolute Gasteiger partial charge is 0.197 e. The second kappa shape index (κ2) is 6.80. The predicted octanol–water partition coefficient (Wildman–Crippen LogP) is 6.65. The topological polar surface area (TPSA) is 43.5 Å². The number of aromatic nitrogens is 2. The van der Waals surface area contributed by atoms with Gasteiger partial charge in [-0.15, -0.1) is 0 Å². The second-order valence-electron chi connectivity index (χ2n) is 9.25. The molecule has 3 heterocycles. The Morgan fingerprint density at radius 2 is 1.03 bits per heavy atom. The van der Waals surface area contributed by atoms with Gasteiger partial charge < -0.3 is 8.97 Å². The summed E-state index contributed by atoms with van der Waals surface area (Å²) < 4.78 is 4.32. The number of fused-ring (bicyclic) bond motifs is 8. The van der Waals surface area contributed by atoms with Crippen LogP contribution in [0.5, 0.6) is 0 Å². The molecule has 0 bridgehead atoms. The lowest BCUT2D eigenvalue weighted by atomic mass is 10.0. The highest BCUT2D eigenvalue weighted by atomic mass is 16.1. The van der Waals surface area contributed by atoms with Crippen molar-refractivity contribution in [2.45, 2.75) is 0 Å². The van der Waals surface area contributed by atoms with Crippen molar-refractivity contribution in [2.24, 2.45) is 0 Å². The van der Waals surface area contributed by atoms with E-state index in [0.717, 1.165) is 38.5 Å². The number of benzene rings is 5. The van der Waals surface area contributed by atoms with Gasteiger partial charge in [0.2, 0.25) is 0 Å². The van der Waals surface area contributed by atoms with Crippen LogP contribution in [0.2, 0.25) is 0 Å². The molecular weight excluding hydrogens is 444 g/mol. The lowest BCUT2D eigenvalue weighted by Gasteiger charge is -2.15. The molecule has 0 unspecified atom stereocenters. The largest absolute Gasteiger partial charge is 0.309 e. The van der Waals surface area contributed by atoms with Gasteiger partial charge in [0.1, 0.15) is 0 Å². The van der Waals surface area contributed by atoms with Gasteiger partial charge in [-0.1, -0.05) is 54.6 Å². The number of hydrogen-bond acceptors (Lipinski definition) is 2. The molecule has 8 aromatic rings. The number of hydrogen-bond donors (Lipinski definition) is 0. The van der Waals surface area contributed by atoms with Gasteiger partial charge in [-0.3, -0.25) is 9.59 Å². The molecule has 0 N–H and O–H groups in total. The number of rotatable bonds is 1. The molecule has 0 saturated carbocycles. The first-order valence-electron chi connectivity index (χ1n) is 12.0. The van der Waals surface area contributed by atoms with E-state index < -0.39 is 0 Å². The Labute approximate surface area is 204 Å². The fourth-order valence-corrected chi connectivity index (χ4v) is 5.98. The van der Waals surface area contributed by atoms with Gasteiger partial charge in [-0.05, 0) is 54.6 Å². The average Bonchev–Trinajstić information content (AvgIpc) is 3.27. The molecule has 0 saturated heterocycles. The SMILES string of the molecule is O=c1c2ccccc2n2c3ccc4c(c5ccccc5n4-c4ccccc4)c3c(=O)c3cccc1c32. The van der Waals surface area contributed by atoms with E-state index in [1.807, 2.05) is 78.9 Å². The molecule has 168 valence electrons. The number of nitrogens with zero attached hydrogens (tertiary/aromatic N) is 2. The number of para-hydroxylation sites is 4. The summed E-state index contributed by atoms with van der Waals surface area (Å²) in [5, 5.41) is 4.41. The zero-order valence-corrected chi connectivity index (χ0v) is 19.1. The Hall–Kier alpha value is -4.96. The van der Waals surface area contributed by atoms with Gasteiger partial charge in [-0.25, -0.2) is 0 Å². The standard InChI is InChI=1S/C32H18N2O2/c35-31-21-12-5-7-16-25(21)34-27-18-17-26-28(29(27)32(36)23-14-8-13-22(31)30(23)34)20-11-4-6-15-24(20)33(26)19-9-2-1-3-10-19/h1-18H. The first-order valence-corrected chi connectivity index (χ1v) is 12.0. The van der Waals surface area contributed by atoms with Crippen LogP contribution in [0, 0.1) is 0 Å². The Bertz CT molecular complexity index is 2290. The molecule has 0 radical (unpaired) electrons. The highest BCUT2D eigenvalue weighted by Crippen LogP contribution is 2.37. The molecule has 36 heavy (non-hydrogen) atoms. The first kappa shape index (κ1) is 19.4. The maximum atomic E-state index is 14.2. The number of pyridine rings is 2. The van der Waals surface area contributed by atoms with E-state index in [4.69, 9.17) is 0 Å². The Balaban J connectivity index is 1.73. The monoisotopic (exact) mass is 462 g/mol. The van der Waals surface area contributed by atoms with Gasteiger partial charge in [0.15, 0.2) is 10.9 Å². The summed E-state index contributed by atoms with van der Waals surface area (Å²) in [5.41, 5.74) is 5.28. The Morgan fingerprint density at radius 1 is 0.417 bits per heavy atom. The second-order valence-corrected chi connectivity index (χ2v) is 9.25. The molecule has 0 amide bonds. The summed E-state index contributed by atoms with van der Waals surface area (Å²) in [6.07, 6.45) is 0. The molecule has 3 aromatic heterocycles. The minimum atomic E-state index is -0.0492. The van der Waals surface area contributed by atoms with Gasteiger partial charge in [0.05, 0.1) is 33.0 Å². The highest BCUT2D eigenvalue weighted by molar-refractivity contribution is 6.23. The third-order valence-electron chi connectivity index (χ3n) is 7.44. The van der Waals surface area contributed by atoms with Crippen LogP contribution in [0.3, 0.4) is 0 Å². The molecule has 0 aliphatic rings. The molecule has 0 spiro atoms. The van der Waals surface area contributed by atoms with Gasteiger partial charge in [-0.2, -0.15) is 0 Å². The minimum absolute atomic E-state index is 0.0447. The van der Waals surface area contributed by atoms with Crippen LogP contribution in [-0.4, -0.2) is 8.97 Å². The maximum Gasteiger partial charge on any atom is 0.197 e. The molecule has 4 nitrogen and oxygen atoms in total. The summed E-state index contributed by atoms with van der Waals surface area (Å²) in [6.45, 7) is 0. The summed E-state index contributed by atoms with van der Waals surface area (Å²) in [7, 11) is 0. The van der Waals surface area contributed by atoms with Crippen LogP contribution in [-0.2, 0) is 0 Å². The summed E-state index contributed by atoms with van der Waals surface area (Å²) in [6, 6.07) is 35.7. The fourth-order valence-electron chi connectivity index (χ4n) is 5.98. The van der Waals surface area contributed by atoms with Crippen molar-refractivity contribution in [3.8, 4) is 5.69 Å². The van der Waals surface area contributed by atoms with E-state index in [-0.39, 0.29) is 10.9 Å². The van der Waals surface area contributed by atoms with E-state index in [1.54, 1.807) is 0 Å². The van der Waals surface area contributed by atoms with Crippen LogP contribution in [0.15, 0.2) is 119 Å². The fraction of sp³-hybridized carbons (Fsp3) is 0. The Morgan fingerprint density at radius 3 is 1.83 bits per heavy atom. The third kappa shape index (κ3) is 2.28. The zero-order chi connectivity index (χ0) is 24.0. The van der Waals surface area contributed by atoms with Gasteiger partial charge in [0.25, 0.3) is 0 Å². The van der Waals surface area contributed by atoms with Crippen molar-refractivity contribution in [3.63, 3.8) is 0 Å². The summed E-state index contributed by atoms with van der Waals surface area (Å²) in [5.74, 6) is 0. The Kier molecular flexibility index (Phi) is 3.66. The average molecular weight is 463 g/mol. The summed E-state index contributed by atoms with van der Waals surface area (Å²) in [4.78, 5) is 27.6. The molecule has 0 aliphatic heterocycles. The minimum Gasteiger partial charge on any atom is -0.309 e. The third-order valence-corrected chi connectivity index (χ3v) is 7.44. The summed E-state index contributed by atoms with van der Waals surface area (Å²) >= 11 is 0. The van der Waals surface area contributed by atoms with Crippen LogP contribution in [0.25, 0.3) is 65.6 Å². The zero-order valence-electron chi connectivity index (χ0n) is 19.1. The van der Waals surface area contributed by atoms with Crippen LogP contribution in [0.1, 0.15) is 0 Å². The van der Waals surface area contributed by atoms with Crippen molar-refractivity contribution in [1.29, 1.82) is 0 Å². The predicted molar refractivity (Wildman–Crippen MR) is 148 cm³/mol. The van der Waals surface area contributed by atoms with Crippen molar-refractivity contribution in [2.75, 3.05) is 0 Å². The molecule has 8 rings (SSSR count). The van der Waals surface area contributed by atoms with Gasteiger partial charge >= 0.3 is 0 Å². The van der Waals surface area contributed by atoms with E-state index in [9.17, 15) is 9.59 Å². The van der Waals surface area contributed by atoms with E-state index in [1.165, 1.54) is 0 Å². The molecule has 5 aromatic carbocycles. The van der Waals surface area contributed by atoms with Crippen molar-refractivity contribution >= 4 is 59.9 Å². The lowest BCUT2D eigenvalue weighted by Crippen LogP contribution is -2.14. The molecule has 0 fully saturated rings. The highest BCUT2D eigenvalue weighted by Gasteiger charge is 2.21. The first-order chi connectivity index (χ1) is 17.7. The van der Waals surface area contributed by atoms with E-state index >= 15 is 0 Å². The normalized spacial score (nSPS) is 12.1. The van der Waals surface area contributed by atoms with Crippen LogP contribution < -0.4 is 10.9 Å². The molecule has 0 atom stereocenters. The van der Waals surface area contributed by atoms with Crippen molar-refractivity contribution in [3.05, 3.63) is 130 Å². The van der Waals surface area contributed by atoms with Crippen LogP contribution in [0.4, 0.5) is 0 Å². The van der Waals surface area contributed by atoms with Gasteiger partial charge in [0, 0.05) is 32.6 Å². The van der Waals surface area contributed by atoms with Crippen molar-refractivity contribution in [1.82, 2.24) is 8.97 Å². The maximum absolute atomic E-state index is 14.2. The quantitative estimate of drug-likeness (QED) is 0.202. The van der Waals surface area contributed by atoms with Crippen LogP contribution >= 0.6 is 0 Å². The molecular formula is C32H18N2O2. The van der Waals surface area contributed by atoms with Crippen molar-refractivity contribution < 1.29 is 0 Å². The molecule has 0 aliphatic carbocycles. The van der Waals surface area contributed by atoms with E-state index in [2.05, 4.69) is 39.3 Å². The van der Waals surface area contributed by atoms with E-state index in [0.29, 0.717) is 27.1 Å². The lowest BCUT2D eigenvalue weighted by molar-refractivity contribution is 1.18. The molecule has 4 heteroatoms.